The molecule has 1 saturated heterocycles. The first-order chi connectivity index (χ1) is 14.9. The van der Waals surface area contributed by atoms with Gasteiger partial charge in [0.25, 0.3) is 0 Å². The molecule has 2 heterocycles. The number of aromatic nitrogens is 3. The van der Waals surface area contributed by atoms with Crippen molar-refractivity contribution in [3.63, 3.8) is 0 Å². The van der Waals surface area contributed by atoms with Gasteiger partial charge in [0.1, 0.15) is 11.4 Å². The Bertz CT molecular complexity index is 1010. The summed E-state index contributed by atoms with van der Waals surface area (Å²) in [5.41, 5.74) is 6.87. The molecule has 1 aliphatic rings. The van der Waals surface area contributed by atoms with Gasteiger partial charge in [-0.3, -0.25) is 5.41 Å². The second-order valence-corrected chi connectivity index (χ2v) is 9.48. The Balaban J connectivity index is 0.00000385. The number of aromatic hydroxyl groups is 1. The number of rotatable bonds is 4. The van der Waals surface area contributed by atoms with E-state index in [1.807, 2.05) is 7.05 Å². The van der Waals surface area contributed by atoms with Gasteiger partial charge in [-0.15, -0.1) is 10.2 Å². The summed E-state index contributed by atoms with van der Waals surface area (Å²) in [6.07, 6.45) is 3.53. The average Bonchev–Trinajstić information content (AvgIpc) is 2.71. The Labute approximate surface area is 237 Å². The quantitative estimate of drug-likeness (QED) is 0.267. The molecule has 0 unspecified atom stereocenters. The van der Waals surface area contributed by atoms with Gasteiger partial charge in [-0.2, -0.15) is 0 Å². The summed E-state index contributed by atoms with van der Waals surface area (Å²) in [7, 11) is 3.48. The first kappa shape index (κ1) is 27.6. The number of nitrogens with zero attached hydrogens (tertiary/aromatic N) is 6. The summed E-state index contributed by atoms with van der Waals surface area (Å²) in [4.78, 5) is 10.4. The molecule has 172 valence electrons. The Hall–Kier alpha value is -1.63. The molecule has 2 aromatic rings. The average molecular weight is 478 g/mol. The number of amidine groups is 1. The van der Waals surface area contributed by atoms with Crippen LogP contribution in [0.1, 0.15) is 46.1 Å². The van der Waals surface area contributed by atoms with Crippen molar-refractivity contribution >= 4 is 17.7 Å². The van der Waals surface area contributed by atoms with Crippen molar-refractivity contribution < 1.29 is 56.5 Å². The molecule has 1 fully saturated rings. The summed E-state index contributed by atoms with van der Waals surface area (Å²) < 4.78 is 0. The maximum absolute atomic E-state index is 10.5. The van der Waals surface area contributed by atoms with E-state index >= 15 is 0 Å². The van der Waals surface area contributed by atoms with Crippen LogP contribution in [0.5, 0.6) is 5.75 Å². The third-order valence-corrected chi connectivity index (χ3v) is 5.58. The van der Waals surface area contributed by atoms with Crippen molar-refractivity contribution in [2.24, 2.45) is 10.7 Å². The number of nitrogens with two attached hydrogens (primary N) is 1. The Morgan fingerprint density at radius 2 is 1.88 bits per heavy atom. The molecule has 0 amide bonds. The van der Waals surface area contributed by atoms with Crippen molar-refractivity contribution in [2.45, 2.75) is 57.7 Å². The molecule has 11 heteroatoms. The summed E-state index contributed by atoms with van der Waals surface area (Å²) in [5, 5.41) is 34.4. The molecule has 1 aromatic carbocycles. The maximum atomic E-state index is 10.5. The van der Waals surface area contributed by atoms with Crippen LogP contribution in [0.25, 0.3) is 16.6 Å². The van der Waals surface area contributed by atoms with Gasteiger partial charge < -0.3 is 31.4 Å². The molecule has 0 saturated carbocycles. The third kappa shape index (κ3) is 6.93. The largest absolute Gasteiger partial charge is 1.00 e. The fraction of sp³-hybridized carbons (Fsp3) is 0.500. The Kier molecular flexibility index (Phi) is 8.99. The van der Waals surface area contributed by atoms with Crippen molar-refractivity contribution in [3.05, 3.63) is 35.3 Å². The van der Waals surface area contributed by atoms with Crippen molar-refractivity contribution in [1.82, 2.24) is 20.5 Å². The van der Waals surface area contributed by atoms with E-state index < -0.39 is 0 Å². The van der Waals surface area contributed by atoms with Crippen molar-refractivity contribution in [2.75, 3.05) is 19.0 Å². The van der Waals surface area contributed by atoms with Gasteiger partial charge in [-0.25, -0.2) is 4.98 Å². The second-order valence-electron chi connectivity index (χ2n) is 9.48. The van der Waals surface area contributed by atoms with Gasteiger partial charge in [0.05, 0.1) is 12.0 Å². The zero-order valence-electron chi connectivity index (χ0n) is 20.5. The number of nitrogens with one attached hydrogen (secondary N) is 2. The fourth-order valence-electron chi connectivity index (χ4n) is 4.38. The second kappa shape index (κ2) is 10.7. The molecular formula is C22H32KN9O. The minimum atomic E-state index is -0.0936. The van der Waals surface area contributed by atoms with Crippen LogP contribution >= 0.6 is 0 Å². The van der Waals surface area contributed by atoms with Crippen LogP contribution in [-0.4, -0.2) is 63.3 Å². The van der Waals surface area contributed by atoms with Gasteiger partial charge in [-0.05, 0) is 59.7 Å². The predicted molar refractivity (Wildman–Crippen MR) is 127 cm³/mol. The predicted octanol–water partition coefficient (Wildman–Crippen LogP) is -0.363. The molecule has 1 aromatic heterocycles. The van der Waals surface area contributed by atoms with E-state index in [2.05, 4.69) is 63.4 Å². The normalized spacial score (nSPS) is 17.7. The van der Waals surface area contributed by atoms with Crippen molar-refractivity contribution in [1.29, 1.82) is 5.41 Å². The number of hydrogen-bond acceptors (Lipinski definition) is 7. The monoisotopic (exact) mass is 477 g/mol. The molecule has 0 radical (unpaired) electrons. The molecule has 0 bridgehead atoms. The molecule has 10 nitrogen and oxygen atoms in total. The smallest absolute Gasteiger partial charge is 0.507 e. The maximum Gasteiger partial charge on any atom is 1.00 e. The number of phenolic OH excluding ortho intramolecular Hbond substituents is 1. The van der Waals surface area contributed by atoms with Crippen LogP contribution in [0, 0.1) is 5.41 Å². The molecule has 0 aliphatic carbocycles. The standard InChI is InChI=1S/C22H32N9O.K/c1-21(2)10-14(11-22(3,4)30-21)31(6)20-26-12-16(28-29-20)15-8-7-13(9-17(15)32)18(23)27-19(24)25-5;/h7-9,12,14,30H,10-11H2,1-6H3,(H4-,23,24,25,27,28,32);/q-1;+1. The SMILES string of the molecule is C[N-]C(N)=NC(=N)c1ccc(-c2cnc(N(C)C3CC(C)(C)NC(C)(C)C3)nn2)c(O)c1.[K+]. The number of hydrogen-bond donors (Lipinski definition) is 4. The summed E-state index contributed by atoms with van der Waals surface area (Å²) in [6.45, 7) is 8.83. The van der Waals surface area contributed by atoms with Crippen molar-refractivity contribution in [3.8, 4) is 17.0 Å². The Morgan fingerprint density at radius 1 is 1.24 bits per heavy atom. The number of piperidine rings is 1. The van der Waals surface area contributed by atoms with E-state index in [1.54, 1.807) is 18.3 Å². The van der Waals surface area contributed by atoms with E-state index in [-0.39, 0.29) is 86.0 Å². The van der Waals surface area contributed by atoms with Crippen LogP contribution in [-0.2, 0) is 0 Å². The molecule has 1 aliphatic heterocycles. The van der Waals surface area contributed by atoms with Gasteiger partial charge in [0.15, 0.2) is 0 Å². The summed E-state index contributed by atoms with van der Waals surface area (Å²) in [6, 6.07) is 5.02. The zero-order valence-corrected chi connectivity index (χ0v) is 23.6. The number of phenols is 1. The van der Waals surface area contributed by atoms with E-state index in [0.717, 1.165) is 12.8 Å². The van der Waals surface area contributed by atoms with Crippen LogP contribution in [0.15, 0.2) is 29.4 Å². The van der Waals surface area contributed by atoms with Crippen LogP contribution in [0.2, 0.25) is 0 Å². The van der Waals surface area contributed by atoms with Gasteiger partial charge in [0, 0.05) is 41.3 Å². The zero-order chi connectivity index (χ0) is 23.7. The molecule has 3 rings (SSSR count). The number of guanidine groups is 1. The van der Waals surface area contributed by atoms with Crippen LogP contribution in [0.4, 0.5) is 5.95 Å². The van der Waals surface area contributed by atoms with E-state index in [0.29, 0.717) is 22.8 Å². The molecule has 0 atom stereocenters. The fourth-order valence-corrected chi connectivity index (χ4v) is 4.38. The molecule has 33 heavy (non-hydrogen) atoms. The third-order valence-electron chi connectivity index (χ3n) is 5.58. The van der Waals surface area contributed by atoms with Gasteiger partial charge in [-0.1, -0.05) is 6.07 Å². The number of benzene rings is 1. The molecular weight excluding hydrogens is 445 g/mol. The summed E-state index contributed by atoms with van der Waals surface area (Å²) >= 11 is 0. The Morgan fingerprint density at radius 3 is 2.39 bits per heavy atom. The van der Waals surface area contributed by atoms with E-state index in [1.165, 1.54) is 13.1 Å². The van der Waals surface area contributed by atoms with Gasteiger partial charge >= 0.3 is 51.4 Å². The van der Waals surface area contributed by atoms with Crippen LogP contribution < -0.4 is 67.3 Å². The number of anilines is 1. The van der Waals surface area contributed by atoms with E-state index in [9.17, 15) is 5.11 Å². The van der Waals surface area contributed by atoms with E-state index in [4.69, 9.17) is 11.1 Å². The first-order valence-electron chi connectivity index (χ1n) is 10.5. The topological polar surface area (TPSA) is 150 Å². The number of aliphatic imine (C=N–C) groups is 1. The first-order valence-corrected chi connectivity index (χ1v) is 10.5. The minimum absolute atomic E-state index is 0. The van der Waals surface area contributed by atoms with Crippen LogP contribution in [0.3, 0.4) is 0 Å². The van der Waals surface area contributed by atoms with Gasteiger partial charge in [0.2, 0.25) is 5.95 Å². The molecule has 0 spiro atoms. The minimum Gasteiger partial charge on any atom is -0.507 e. The summed E-state index contributed by atoms with van der Waals surface area (Å²) in [5.74, 6) is 0.393. The molecule has 5 N–H and O–H groups in total.